The standard InChI is InChI=1S/C21H28N2O3S/c1-21(2,3)17-9-6-16(7-10-17)8-15-20(24)22-18-11-13-19(14-12-18)27(25,26)23(4)5/h6-7,9-14H,8,15H2,1-5H3,(H,22,24). The van der Waals surface area contributed by atoms with E-state index in [4.69, 9.17) is 0 Å². The summed E-state index contributed by atoms with van der Waals surface area (Å²) in [4.78, 5) is 12.4. The van der Waals surface area contributed by atoms with E-state index in [1.54, 1.807) is 12.1 Å². The molecule has 0 radical (unpaired) electrons. The first-order valence-electron chi connectivity index (χ1n) is 8.92. The van der Waals surface area contributed by atoms with E-state index < -0.39 is 10.0 Å². The van der Waals surface area contributed by atoms with Crippen LogP contribution in [0.4, 0.5) is 5.69 Å². The van der Waals surface area contributed by atoms with E-state index in [-0.39, 0.29) is 16.2 Å². The molecule has 2 rings (SSSR count). The second-order valence-electron chi connectivity index (χ2n) is 7.81. The predicted octanol–water partition coefficient (Wildman–Crippen LogP) is 3.81. The maximum atomic E-state index is 12.2. The van der Waals surface area contributed by atoms with Gasteiger partial charge >= 0.3 is 0 Å². The molecule has 0 atom stereocenters. The number of sulfonamides is 1. The van der Waals surface area contributed by atoms with E-state index in [1.165, 1.54) is 31.8 Å². The fourth-order valence-corrected chi connectivity index (χ4v) is 3.48. The van der Waals surface area contributed by atoms with E-state index in [9.17, 15) is 13.2 Å². The van der Waals surface area contributed by atoms with Crippen LogP contribution in [0.25, 0.3) is 0 Å². The van der Waals surface area contributed by atoms with Crippen molar-refractivity contribution in [2.24, 2.45) is 0 Å². The molecule has 0 aliphatic rings. The molecule has 2 aromatic carbocycles. The summed E-state index contributed by atoms with van der Waals surface area (Å²) in [5, 5.41) is 2.81. The Kier molecular flexibility index (Phi) is 6.44. The third-order valence-corrected chi connectivity index (χ3v) is 6.21. The van der Waals surface area contributed by atoms with Crippen molar-refractivity contribution in [3.05, 3.63) is 59.7 Å². The maximum absolute atomic E-state index is 12.2. The van der Waals surface area contributed by atoms with Gasteiger partial charge in [-0.05, 0) is 47.2 Å². The molecule has 146 valence electrons. The number of hydrogen-bond acceptors (Lipinski definition) is 3. The van der Waals surface area contributed by atoms with Gasteiger partial charge in [0.15, 0.2) is 0 Å². The van der Waals surface area contributed by atoms with Gasteiger partial charge in [0.25, 0.3) is 0 Å². The van der Waals surface area contributed by atoms with Crippen molar-refractivity contribution < 1.29 is 13.2 Å². The van der Waals surface area contributed by atoms with Crippen molar-refractivity contribution in [2.45, 2.75) is 43.9 Å². The first kappa shape index (κ1) is 21.1. The van der Waals surface area contributed by atoms with Crippen molar-refractivity contribution in [1.29, 1.82) is 0 Å². The van der Waals surface area contributed by atoms with E-state index in [0.717, 1.165) is 9.87 Å². The zero-order valence-corrected chi connectivity index (χ0v) is 17.4. The summed E-state index contributed by atoms with van der Waals surface area (Å²) >= 11 is 0. The summed E-state index contributed by atoms with van der Waals surface area (Å²) in [5.74, 6) is -0.0990. The third-order valence-electron chi connectivity index (χ3n) is 4.38. The molecule has 0 aromatic heterocycles. The van der Waals surface area contributed by atoms with Crippen LogP contribution in [0.5, 0.6) is 0 Å². The molecule has 0 fully saturated rings. The van der Waals surface area contributed by atoms with Gasteiger partial charge in [0.1, 0.15) is 0 Å². The molecule has 6 heteroatoms. The molecule has 0 saturated carbocycles. The quantitative estimate of drug-likeness (QED) is 0.818. The highest BCUT2D eigenvalue weighted by molar-refractivity contribution is 7.89. The van der Waals surface area contributed by atoms with Crippen molar-refractivity contribution in [3.8, 4) is 0 Å². The Morgan fingerprint density at radius 1 is 0.963 bits per heavy atom. The Morgan fingerprint density at radius 2 is 1.52 bits per heavy atom. The summed E-state index contributed by atoms with van der Waals surface area (Å²) in [6.45, 7) is 6.51. The van der Waals surface area contributed by atoms with Crippen LogP contribution in [-0.4, -0.2) is 32.7 Å². The fourth-order valence-electron chi connectivity index (χ4n) is 2.57. The number of hydrogen-bond donors (Lipinski definition) is 1. The summed E-state index contributed by atoms with van der Waals surface area (Å²) < 4.78 is 25.3. The van der Waals surface area contributed by atoms with E-state index in [2.05, 4.69) is 50.4 Å². The number of carbonyl (C=O) groups is 1. The molecule has 0 spiro atoms. The SMILES string of the molecule is CN(C)S(=O)(=O)c1ccc(NC(=O)CCc2ccc(C(C)(C)C)cc2)cc1. The highest BCUT2D eigenvalue weighted by Crippen LogP contribution is 2.22. The molecule has 5 nitrogen and oxygen atoms in total. The van der Waals surface area contributed by atoms with Gasteiger partial charge in [0, 0.05) is 26.2 Å². The fraction of sp³-hybridized carbons (Fsp3) is 0.381. The van der Waals surface area contributed by atoms with Crippen LogP contribution < -0.4 is 5.32 Å². The van der Waals surface area contributed by atoms with Gasteiger partial charge in [-0.25, -0.2) is 12.7 Å². The number of nitrogens with zero attached hydrogens (tertiary/aromatic N) is 1. The summed E-state index contributed by atoms with van der Waals surface area (Å²) in [5.41, 5.74) is 3.08. The monoisotopic (exact) mass is 388 g/mol. The molecule has 0 aliphatic heterocycles. The first-order valence-corrected chi connectivity index (χ1v) is 10.4. The van der Waals surface area contributed by atoms with Crippen LogP contribution in [0, 0.1) is 0 Å². The Bertz CT molecular complexity index is 879. The molecule has 0 unspecified atom stereocenters. The van der Waals surface area contributed by atoms with Crippen molar-refractivity contribution >= 4 is 21.6 Å². The lowest BCUT2D eigenvalue weighted by Gasteiger charge is -2.19. The van der Waals surface area contributed by atoms with E-state index in [1.807, 2.05) is 0 Å². The first-order chi connectivity index (χ1) is 12.5. The van der Waals surface area contributed by atoms with Crippen LogP contribution in [-0.2, 0) is 26.7 Å². The summed E-state index contributed by atoms with van der Waals surface area (Å²) in [6, 6.07) is 14.5. The minimum absolute atomic E-state index is 0.0990. The van der Waals surface area contributed by atoms with Gasteiger partial charge in [-0.15, -0.1) is 0 Å². The van der Waals surface area contributed by atoms with Crippen molar-refractivity contribution in [2.75, 3.05) is 19.4 Å². The van der Waals surface area contributed by atoms with Crippen LogP contribution in [0.2, 0.25) is 0 Å². The smallest absolute Gasteiger partial charge is 0.242 e. The highest BCUT2D eigenvalue weighted by Gasteiger charge is 2.17. The number of aryl methyl sites for hydroxylation is 1. The molecule has 0 saturated heterocycles. The molecule has 1 N–H and O–H groups in total. The molecule has 2 aromatic rings. The number of benzene rings is 2. The number of rotatable bonds is 6. The Balaban J connectivity index is 1.92. The van der Waals surface area contributed by atoms with Gasteiger partial charge < -0.3 is 5.32 Å². The van der Waals surface area contributed by atoms with Gasteiger partial charge in [-0.2, -0.15) is 0 Å². The molecular formula is C21H28N2O3S. The lowest BCUT2D eigenvalue weighted by atomic mass is 9.86. The molecular weight excluding hydrogens is 360 g/mol. The minimum Gasteiger partial charge on any atom is -0.326 e. The van der Waals surface area contributed by atoms with Gasteiger partial charge in [-0.1, -0.05) is 45.0 Å². The average Bonchev–Trinajstić information content (AvgIpc) is 2.60. The van der Waals surface area contributed by atoms with Crippen molar-refractivity contribution in [3.63, 3.8) is 0 Å². The Labute approximate surface area is 162 Å². The van der Waals surface area contributed by atoms with Crippen molar-refractivity contribution in [1.82, 2.24) is 4.31 Å². The van der Waals surface area contributed by atoms with Crippen LogP contribution >= 0.6 is 0 Å². The molecule has 27 heavy (non-hydrogen) atoms. The van der Waals surface area contributed by atoms with Crippen LogP contribution in [0.3, 0.4) is 0 Å². The zero-order valence-electron chi connectivity index (χ0n) is 16.6. The molecule has 0 aliphatic carbocycles. The lowest BCUT2D eigenvalue weighted by Crippen LogP contribution is -2.22. The largest absolute Gasteiger partial charge is 0.326 e. The lowest BCUT2D eigenvalue weighted by molar-refractivity contribution is -0.116. The summed E-state index contributed by atoms with van der Waals surface area (Å²) in [6.07, 6.45) is 1.02. The average molecular weight is 389 g/mol. The summed E-state index contributed by atoms with van der Waals surface area (Å²) in [7, 11) is -0.492. The van der Waals surface area contributed by atoms with E-state index in [0.29, 0.717) is 18.5 Å². The zero-order chi connectivity index (χ0) is 20.2. The normalized spacial score (nSPS) is 12.2. The predicted molar refractivity (Wildman–Crippen MR) is 109 cm³/mol. The number of nitrogens with one attached hydrogen (secondary N) is 1. The maximum Gasteiger partial charge on any atom is 0.242 e. The number of carbonyl (C=O) groups excluding carboxylic acids is 1. The molecule has 1 amide bonds. The second kappa shape index (κ2) is 8.23. The minimum atomic E-state index is -3.46. The van der Waals surface area contributed by atoms with Crippen LogP contribution in [0.1, 0.15) is 38.3 Å². The molecule has 0 heterocycles. The van der Waals surface area contributed by atoms with E-state index >= 15 is 0 Å². The third kappa shape index (κ3) is 5.65. The van der Waals surface area contributed by atoms with Gasteiger partial charge in [0.05, 0.1) is 4.90 Å². The molecule has 0 bridgehead atoms. The van der Waals surface area contributed by atoms with Crippen LogP contribution in [0.15, 0.2) is 53.4 Å². The van der Waals surface area contributed by atoms with Gasteiger partial charge in [0.2, 0.25) is 15.9 Å². The van der Waals surface area contributed by atoms with Gasteiger partial charge in [-0.3, -0.25) is 4.79 Å². The number of anilines is 1. The second-order valence-corrected chi connectivity index (χ2v) is 9.96. The Hall–Kier alpha value is -2.18. The highest BCUT2D eigenvalue weighted by atomic mass is 32.2. The Morgan fingerprint density at radius 3 is 2.00 bits per heavy atom. The topological polar surface area (TPSA) is 66.5 Å². The number of amides is 1.